The van der Waals surface area contributed by atoms with Crippen LogP contribution < -0.4 is 5.32 Å². The minimum atomic E-state index is -0.749. The van der Waals surface area contributed by atoms with Crippen molar-refractivity contribution >= 4 is 17.8 Å². The van der Waals surface area contributed by atoms with Crippen LogP contribution in [0.15, 0.2) is 24.3 Å². The fourth-order valence-electron chi connectivity index (χ4n) is 2.83. The molecule has 0 saturated heterocycles. The summed E-state index contributed by atoms with van der Waals surface area (Å²) >= 11 is 0. The van der Waals surface area contributed by atoms with Gasteiger partial charge in [-0.1, -0.05) is 37.5 Å². The van der Waals surface area contributed by atoms with Crippen LogP contribution in [0.2, 0.25) is 0 Å². The Morgan fingerprint density at radius 2 is 1.79 bits per heavy atom. The Kier molecular flexibility index (Phi) is 6.78. The Hall–Kier alpha value is -2.37. The average molecular weight is 332 g/mol. The second-order valence-electron chi connectivity index (χ2n) is 6.08. The molecule has 0 fully saturated rings. The lowest BCUT2D eigenvalue weighted by atomic mass is 10.1. The summed E-state index contributed by atoms with van der Waals surface area (Å²) in [5.74, 6) is -0.970. The average Bonchev–Trinajstić information content (AvgIpc) is 2.86. The minimum Gasteiger partial charge on any atom is -0.481 e. The molecule has 1 aromatic rings. The summed E-state index contributed by atoms with van der Waals surface area (Å²) < 4.78 is 0. The molecule has 0 aromatic heterocycles. The zero-order valence-corrected chi connectivity index (χ0v) is 13.8. The first-order valence-corrected chi connectivity index (χ1v) is 8.43. The van der Waals surface area contributed by atoms with Crippen LogP contribution in [0.4, 0.5) is 0 Å². The smallest absolute Gasteiger partial charge is 0.303 e. The van der Waals surface area contributed by atoms with Gasteiger partial charge in [-0.2, -0.15) is 0 Å². The molecule has 1 aromatic carbocycles. The number of hydrogen-bond acceptors (Lipinski definition) is 3. The number of nitrogens with zero attached hydrogens (tertiary/aromatic N) is 1. The third-order valence-corrected chi connectivity index (χ3v) is 4.12. The lowest BCUT2D eigenvalue weighted by Crippen LogP contribution is -2.37. The van der Waals surface area contributed by atoms with Crippen molar-refractivity contribution in [1.29, 1.82) is 0 Å². The maximum atomic E-state index is 12.2. The molecule has 6 nitrogen and oxygen atoms in total. The van der Waals surface area contributed by atoms with Gasteiger partial charge in [0, 0.05) is 25.1 Å². The van der Waals surface area contributed by atoms with Crippen LogP contribution in [0.1, 0.15) is 54.4 Å². The van der Waals surface area contributed by atoms with Gasteiger partial charge in [-0.3, -0.25) is 14.4 Å². The second-order valence-corrected chi connectivity index (χ2v) is 6.08. The molecule has 0 unspecified atom stereocenters. The van der Waals surface area contributed by atoms with Crippen molar-refractivity contribution in [1.82, 2.24) is 10.2 Å². The Balaban J connectivity index is 1.56. The molecule has 24 heavy (non-hydrogen) atoms. The molecule has 0 saturated carbocycles. The first kappa shape index (κ1) is 18.0. The van der Waals surface area contributed by atoms with Crippen LogP contribution in [-0.2, 0) is 16.1 Å². The Labute approximate surface area is 141 Å². The van der Waals surface area contributed by atoms with Gasteiger partial charge in [0.1, 0.15) is 6.54 Å². The summed E-state index contributed by atoms with van der Waals surface area (Å²) in [6.45, 7) is 1.17. The normalized spacial score (nSPS) is 13.0. The molecule has 2 rings (SSSR count). The summed E-state index contributed by atoms with van der Waals surface area (Å²) in [6.07, 6.45) is 4.65. The van der Waals surface area contributed by atoms with Gasteiger partial charge in [0.2, 0.25) is 5.91 Å². The molecule has 0 radical (unpaired) electrons. The van der Waals surface area contributed by atoms with Crippen LogP contribution in [0.3, 0.4) is 0 Å². The molecule has 1 aliphatic heterocycles. The van der Waals surface area contributed by atoms with E-state index >= 15 is 0 Å². The van der Waals surface area contributed by atoms with Crippen molar-refractivity contribution in [2.24, 2.45) is 0 Å². The molecular weight excluding hydrogens is 308 g/mol. The van der Waals surface area contributed by atoms with E-state index in [0.29, 0.717) is 25.1 Å². The Morgan fingerprint density at radius 3 is 2.54 bits per heavy atom. The van der Waals surface area contributed by atoms with Gasteiger partial charge in [0.05, 0.1) is 0 Å². The molecule has 2 amide bonds. The van der Waals surface area contributed by atoms with E-state index in [9.17, 15) is 14.4 Å². The first-order valence-electron chi connectivity index (χ1n) is 8.43. The highest BCUT2D eigenvalue weighted by Crippen LogP contribution is 2.21. The number of nitrogens with one attached hydrogen (secondary N) is 1. The van der Waals surface area contributed by atoms with E-state index in [1.807, 2.05) is 18.2 Å². The van der Waals surface area contributed by atoms with Gasteiger partial charge < -0.3 is 15.3 Å². The number of carbonyl (C=O) groups is 3. The van der Waals surface area contributed by atoms with Crippen molar-refractivity contribution in [2.45, 2.75) is 45.1 Å². The number of amides is 2. The second kappa shape index (κ2) is 9.05. The summed E-state index contributed by atoms with van der Waals surface area (Å²) in [7, 11) is 0. The quantitative estimate of drug-likeness (QED) is 0.643. The van der Waals surface area contributed by atoms with E-state index in [1.165, 1.54) is 0 Å². The number of carboxylic acids is 1. The summed E-state index contributed by atoms with van der Waals surface area (Å²) in [4.78, 5) is 36.0. The van der Waals surface area contributed by atoms with Crippen LogP contribution in [-0.4, -0.2) is 40.9 Å². The van der Waals surface area contributed by atoms with Crippen molar-refractivity contribution in [2.75, 3.05) is 13.1 Å². The third-order valence-electron chi connectivity index (χ3n) is 4.12. The monoisotopic (exact) mass is 332 g/mol. The maximum absolute atomic E-state index is 12.2. The number of fused-ring (bicyclic) bond motifs is 1. The first-order chi connectivity index (χ1) is 11.6. The van der Waals surface area contributed by atoms with Gasteiger partial charge >= 0.3 is 5.97 Å². The molecule has 130 valence electrons. The maximum Gasteiger partial charge on any atom is 0.303 e. The van der Waals surface area contributed by atoms with Crippen molar-refractivity contribution < 1.29 is 19.5 Å². The predicted molar refractivity (Wildman–Crippen MR) is 89.5 cm³/mol. The fourth-order valence-corrected chi connectivity index (χ4v) is 2.83. The molecule has 0 spiro atoms. The van der Waals surface area contributed by atoms with E-state index in [-0.39, 0.29) is 24.8 Å². The summed E-state index contributed by atoms with van der Waals surface area (Å²) in [5.41, 5.74) is 1.66. The molecule has 1 heterocycles. The number of rotatable bonds is 10. The van der Waals surface area contributed by atoms with E-state index in [0.717, 1.165) is 31.2 Å². The number of benzene rings is 1. The van der Waals surface area contributed by atoms with E-state index in [1.54, 1.807) is 11.0 Å². The molecule has 6 heteroatoms. The van der Waals surface area contributed by atoms with Crippen LogP contribution in [0, 0.1) is 0 Å². The highest BCUT2D eigenvalue weighted by atomic mass is 16.4. The lowest BCUT2D eigenvalue weighted by molar-refractivity contribution is -0.137. The fraction of sp³-hybridized carbons (Fsp3) is 0.500. The van der Waals surface area contributed by atoms with Crippen LogP contribution in [0.5, 0.6) is 0 Å². The Morgan fingerprint density at radius 1 is 1.08 bits per heavy atom. The summed E-state index contributed by atoms with van der Waals surface area (Å²) in [6, 6.07) is 7.43. The highest BCUT2D eigenvalue weighted by Gasteiger charge is 2.27. The molecule has 0 atom stereocenters. The van der Waals surface area contributed by atoms with E-state index < -0.39 is 5.97 Å². The number of hydrogen-bond donors (Lipinski definition) is 2. The molecule has 2 N–H and O–H groups in total. The molecular formula is C18H24N2O4. The zero-order chi connectivity index (χ0) is 17.4. The predicted octanol–water partition coefficient (Wildman–Crippen LogP) is 2.18. The Bertz CT molecular complexity index is 600. The van der Waals surface area contributed by atoms with Crippen molar-refractivity contribution in [3.05, 3.63) is 35.4 Å². The van der Waals surface area contributed by atoms with Gasteiger partial charge in [0.15, 0.2) is 0 Å². The number of unbranched alkanes of at least 4 members (excludes halogenated alkanes) is 4. The number of carbonyl (C=O) groups excluding carboxylic acids is 2. The SMILES string of the molecule is O=C(O)CCCCCCCNC(=O)CN1Cc2ccccc2C1=O. The van der Waals surface area contributed by atoms with E-state index in [4.69, 9.17) is 5.11 Å². The largest absolute Gasteiger partial charge is 0.481 e. The van der Waals surface area contributed by atoms with Gasteiger partial charge in [-0.15, -0.1) is 0 Å². The minimum absolute atomic E-state index is 0.0841. The topological polar surface area (TPSA) is 86.7 Å². The summed E-state index contributed by atoms with van der Waals surface area (Å²) in [5, 5.41) is 11.4. The lowest BCUT2D eigenvalue weighted by Gasteiger charge is -2.15. The van der Waals surface area contributed by atoms with E-state index in [2.05, 4.69) is 5.32 Å². The number of aliphatic carboxylic acids is 1. The number of carboxylic acid groups (broad SMARTS) is 1. The van der Waals surface area contributed by atoms with Gasteiger partial charge in [-0.25, -0.2) is 0 Å². The van der Waals surface area contributed by atoms with Gasteiger partial charge in [0.25, 0.3) is 5.91 Å². The molecule has 1 aliphatic rings. The standard InChI is InChI=1S/C18H24N2O4/c21-16(19-11-7-3-1-2-4-10-17(22)23)13-20-12-14-8-5-6-9-15(14)18(20)24/h5-6,8-9H,1-4,7,10-13H2,(H,19,21)(H,22,23). The molecule has 0 aliphatic carbocycles. The van der Waals surface area contributed by atoms with Crippen molar-refractivity contribution in [3.63, 3.8) is 0 Å². The van der Waals surface area contributed by atoms with Gasteiger partial charge in [-0.05, 0) is 24.5 Å². The third kappa shape index (κ3) is 5.37. The van der Waals surface area contributed by atoms with Crippen LogP contribution in [0.25, 0.3) is 0 Å². The van der Waals surface area contributed by atoms with Crippen LogP contribution >= 0.6 is 0 Å². The zero-order valence-electron chi connectivity index (χ0n) is 13.8. The molecule has 0 bridgehead atoms. The highest BCUT2D eigenvalue weighted by molar-refractivity contribution is 6.00. The van der Waals surface area contributed by atoms with Crippen molar-refractivity contribution in [3.8, 4) is 0 Å².